The van der Waals surface area contributed by atoms with Crippen LogP contribution in [0.1, 0.15) is 39.4 Å². The highest BCUT2D eigenvalue weighted by atomic mass is 16.5. The Morgan fingerprint density at radius 3 is 1.50 bits per heavy atom. The quantitative estimate of drug-likeness (QED) is 0.252. The van der Waals surface area contributed by atoms with Crippen LogP contribution in [0, 0.1) is 0 Å². The highest BCUT2D eigenvalue weighted by Crippen LogP contribution is 2.38. The third-order valence-corrected chi connectivity index (χ3v) is 7.67. The summed E-state index contributed by atoms with van der Waals surface area (Å²) in [6.45, 7) is 10.5. The van der Waals surface area contributed by atoms with Crippen molar-refractivity contribution in [1.29, 1.82) is 0 Å². The highest BCUT2D eigenvalue weighted by molar-refractivity contribution is 5.57. The zero-order valence-electron chi connectivity index (χ0n) is 22.8. The van der Waals surface area contributed by atoms with Gasteiger partial charge >= 0.3 is 0 Å². The predicted molar refractivity (Wildman–Crippen MR) is 163 cm³/mol. The summed E-state index contributed by atoms with van der Waals surface area (Å²) in [7, 11) is 0. The second-order valence-corrected chi connectivity index (χ2v) is 10.4. The van der Waals surface area contributed by atoms with Gasteiger partial charge in [0.25, 0.3) is 0 Å². The van der Waals surface area contributed by atoms with Crippen LogP contribution in [0.5, 0.6) is 11.5 Å². The summed E-state index contributed by atoms with van der Waals surface area (Å²) in [5.41, 5.74) is 16.0. The van der Waals surface area contributed by atoms with Gasteiger partial charge in [0.2, 0.25) is 0 Å². The summed E-state index contributed by atoms with van der Waals surface area (Å²) in [6, 6.07) is 29.2. The Bertz CT molecular complexity index is 1400. The van der Waals surface area contributed by atoms with Crippen molar-refractivity contribution in [2.45, 2.75) is 32.0 Å². The molecule has 40 heavy (non-hydrogen) atoms. The van der Waals surface area contributed by atoms with Gasteiger partial charge in [0.1, 0.15) is 11.5 Å². The van der Waals surface area contributed by atoms with Crippen molar-refractivity contribution in [2.75, 3.05) is 23.3 Å². The minimum absolute atomic E-state index is 0.304. The van der Waals surface area contributed by atoms with Crippen molar-refractivity contribution in [2.24, 2.45) is 5.73 Å². The first kappa shape index (κ1) is 25.8. The number of para-hydroxylation sites is 2. The van der Waals surface area contributed by atoms with Gasteiger partial charge in [-0.3, -0.25) is 0 Å². The van der Waals surface area contributed by atoms with Gasteiger partial charge in [0.15, 0.2) is 13.5 Å². The molecule has 5 nitrogen and oxygen atoms in total. The van der Waals surface area contributed by atoms with Crippen LogP contribution in [0.4, 0.5) is 11.4 Å². The first-order valence-electron chi connectivity index (χ1n) is 13.8. The first-order valence-corrected chi connectivity index (χ1v) is 13.8. The maximum Gasteiger partial charge on any atom is 0.161 e. The van der Waals surface area contributed by atoms with Crippen LogP contribution in [0.25, 0.3) is 0 Å². The van der Waals surface area contributed by atoms with E-state index < -0.39 is 0 Å². The molecule has 5 heteroatoms. The molecule has 0 spiro atoms. The Morgan fingerprint density at radius 2 is 1.10 bits per heavy atom. The van der Waals surface area contributed by atoms with Crippen LogP contribution in [0.3, 0.4) is 0 Å². The molecule has 0 amide bonds. The van der Waals surface area contributed by atoms with Crippen LogP contribution >= 0.6 is 0 Å². The zero-order chi connectivity index (χ0) is 27.5. The number of benzene rings is 4. The number of hydrogen-bond acceptors (Lipinski definition) is 5. The van der Waals surface area contributed by atoms with Gasteiger partial charge in [-0.15, -0.1) is 13.2 Å². The molecule has 0 aromatic heterocycles. The second-order valence-electron chi connectivity index (χ2n) is 10.4. The van der Waals surface area contributed by atoms with E-state index in [2.05, 4.69) is 95.8 Å². The molecule has 0 unspecified atom stereocenters. The van der Waals surface area contributed by atoms with Crippen molar-refractivity contribution in [3.63, 3.8) is 0 Å². The Kier molecular flexibility index (Phi) is 7.30. The van der Waals surface area contributed by atoms with Gasteiger partial charge in [0, 0.05) is 35.6 Å². The van der Waals surface area contributed by atoms with Crippen molar-refractivity contribution in [1.82, 2.24) is 0 Å². The van der Waals surface area contributed by atoms with Crippen LogP contribution in [0.2, 0.25) is 0 Å². The molecule has 0 fully saturated rings. The van der Waals surface area contributed by atoms with E-state index in [4.69, 9.17) is 15.2 Å². The third kappa shape index (κ3) is 5.08. The Hall–Kier alpha value is -4.48. The molecule has 0 atom stereocenters. The van der Waals surface area contributed by atoms with Crippen molar-refractivity contribution >= 4 is 11.4 Å². The number of allylic oxidation sites excluding steroid dienone is 2. The standard InChI is InChI=1S/C35H35N3O2/c1-3-11-25-17-27(19-29-21-37(23-39-34(25)29)31-13-7-5-8-14-31)33(36)28-18-26(12-4-2)35-30(20-28)22-38(24-40-35)32-15-9-6-10-16-32/h3-10,13-20,33H,1-2,11-12,21-24,36H2. The third-order valence-electron chi connectivity index (χ3n) is 7.67. The molecule has 0 bridgehead atoms. The summed E-state index contributed by atoms with van der Waals surface area (Å²) in [6.07, 6.45) is 5.29. The molecule has 0 saturated heterocycles. The van der Waals surface area contributed by atoms with E-state index in [0.29, 0.717) is 13.5 Å². The van der Waals surface area contributed by atoms with Crippen LogP contribution in [-0.4, -0.2) is 13.5 Å². The number of fused-ring (bicyclic) bond motifs is 2. The predicted octanol–water partition coefficient (Wildman–Crippen LogP) is 6.90. The first-order chi connectivity index (χ1) is 19.6. The van der Waals surface area contributed by atoms with E-state index >= 15 is 0 Å². The minimum atomic E-state index is -0.304. The van der Waals surface area contributed by atoms with Gasteiger partial charge in [0.05, 0.1) is 6.04 Å². The fourth-order valence-electron chi connectivity index (χ4n) is 5.73. The van der Waals surface area contributed by atoms with Gasteiger partial charge < -0.3 is 25.0 Å². The lowest BCUT2D eigenvalue weighted by Gasteiger charge is -2.33. The normalized spacial score (nSPS) is 14.2. The van der Waals surface area contributed by atoms with Crippen LogP contribution in [0.15, 0.2) is 110 Å². The molecule has 2 aliphatic rings. The van der Waals surface area contributed by atoms with E-state index in [0.717, 1.165) is 82.2 Å². The Morgan fingerprint density at radius 1 is 0.675 bits per heavy atom. The second kappa shape index (κ2) is 11.3. The monoisotopic (exact) mass is 529 g/mol. The van der Waals surface area contributed by atoms with E-state index in [9.17, 15) is 0 Å². The number of nitrogens with zero attached hydrogens (tertiary/aromatic N) is 2. The molecule has 6 rings (SSSR count). The minimum Gasteiger partial charge on any atom is -0.472 e. The number of anilines is 2. The van der Waals surface area contributed by atoms with Gasteiger partial charge in [-0.1, -0.05) is 48.6 Å². The summed E-state index contributed by atoms with van der Waals surface area (Å²) < 4.78 is 12.6. The largest absolute Gasteiger partial charge is 0.472 e. The number of ether oxygens (including phenoxy) is 2. The van der Waals surface area contributed by atoms with Gasteiger partial charge in [-0.2, -0.15) is 0 Å². The SMILES string of the molecule is C=CCc1cc(C(N)c2cc(CC=C)c3c(c2)CN(c2ccccc2)CO3)cc2c1OCN(c1ccccc1)C2. The average molecular weight is 530 g/mol. The molecule has 0 aliphatic carbocycles. The molecule has 202 valence electrons. The number of hydrogen-bond donors (Lipinski definition) is 1. The van der Waals surface area contributed by atoms with Crippen LogP contribution < -0.4 is 25.0 Å². The summed E-state index contributed by atoms with van der Waals surface area (Å²) >= 11 is 0. The molecular weight excluding hydrogens is 494 g/mol. The molecule has 0 radical (unpaired) electrons. The van der Waals surface area contributed by atoms with Crippen molar-refractivity contribution in [3.8, 4) is 11.5 Å². The molecule has 0 saturated carbocycles. The van der Waals surface area contributed by atoms with E-state index in [1.54, 1.807) is 0 Å². The molecule has 2 aliphatic heterocycles. The molecule has 2 heterocycles. The fourth-order valence-corrected chi connectivity index (χ4v) is 5.73. The lowest BCUT2D eigenvalue weighted by molar-refractivity contribution is 0.286. The summed E-state index contributed by atoms with van der Waals surface area (Å²) in [5.74, 6) is 1.90. The lowest BCUT2D eigenvalue weighted by Crippen LogP contribution is -2.33. The lowest BCUT2D eigenvalue weighted by atomic mass is 9.90. The molecule has 4 aromatic carbocycles. The topological polar surface area (TPSA) is 51.0 Å². The van der Waals surface area contributed by atoms with E-state index in [-0.39, 0.29) is 6.04 Å². The van der Waals surface area contributed by atoms with E-state index in [1.807, 2.05) is 24.3 Å². The van der Waals surface area contributed by atoms with Crippen molar-refractivity contribution in [3.05, 3.63) is 144 Å². The van der Waals surface area contributed by atoms with Gasteiger partial charge in [-0.05, 0) is 83.6 Å². The number of rotatable bonds is 8. The zero-order valence-corrected chi connectivity index (χ0v) is 22.8. The average Bonchev–Trinajstić information content (AvgIpc) is 3.01. The van der Waals surface area contributed by atoms with Crippen LogP contribution in [-0.2, 0) is 25.9 Å². The Balaban J connectivity index is 1.36. The highest BCUT2D eigenvalue weighted by Gasteiger charge is 2.26. The summed E-state index contributed by atoms with van der Waals surface area (Å²) in [4.78, 5) is 4.48. The number of nitrogens with two attached hydrogens (primary N) is 1. The molecular formula is C35H35N3O2. The maximum absolute atomic E-state index is 7.04. The Labute approximate surface area is 236 Å². The smallest absolute Gasteiger partial charge is 0.161 e. The maximum atomic E-state index is 7.04. The summed E-state index contributed by atoms with van der Waals surface area (Å²) in [5, 5.41) is 0. The molecule has 4 aromatic rings. The van der Waals surface area contributed by atoms with Crippen molar-refractivity contribution < 1.29 is 9.47 Å². The fraction of sp³-hybridized carbons (Fsp3) is 0.200. The van der Waals surface area contributed by atoms with Gasteiger partial charge in [-0.25, -0.2) is 0 Å². The van der Waals surface area contributed by atoms with E-state index in [1.165, 1.54) is 0 Å². The molecule has 2 N–H and O–H groups in total.